The largest absolute Gasteiger partial charge is 0.488 e. The maximum atomic E-state index is 10.4. The molecule has 7 nitrogen and oxygen atoms in total. The van der Waals surface area contributed by atoms with Crippen molar-refractivity contribution < 1.29 is 34.6 Å². The van der Waals surface area contributed by atoms with Crippen LogP contribution in [0.3, 0.4) is 0 Å². The van der Waals surface area contributed by atoms with Crippen LogP contribution in [0.25, 0.3) is 0 Å². The highest BCUT2D eigenvalue weighted by molar-refractivity contribution is 5.34. The molecule has 2 aromatic carbocycles. The van der Waals surface area contributed by atoms with E-state index in [0.717, 1.165) is 29.9 Å². The van der Waals surface area contributed by atoms with E-state index < -0.39 is 37.1 Å². The van der Waals surface area contributed by atoms with Crippen LogP contribution in [0.2, 0.25) is 0 Å². The van der Waals surface area contributed by atoms with Crippen molar-refractivity contribution >= 4 is 0 Å². The molecule has 0 aromatic heterocycles. The van der Waals surface area contributed by atoms with Crippen LogP contribution in [0.5, 0.6) is 5.75 Å². The number of aliphatic hydroxyl groups is 4. The van der Waals surface area contributed by atoms with Gasteiger partial charge in [-0.3, -0.25) is 0 Å². The summed E-state index contributed by atoms with van der Waals surface area (Å²) >= 11 is 0. The third-order valence-electron chi connectivity index (χ3n) is 5.69. The highest BCUT2D eigenvalue weighted by Crippen LogP contribution is 2.33. The summed E-state index contributed by atoms with van der Waals surface area (Å²) in [4.78, 5) is 0. The van der Waals surface area contributed by atoms with Gasteiger partial charge in [0.15, 0.2) is 0 Å². The Kier molecular flexibility index (Phi) is 6.67. The summed E-state index contributed by atoms with van der Waals surface area (Å²) in [6.07, 6.45) is -4.08. The molecule has 2 aromatic rings. The van der Waals surface area contributed by atoms with E-state index in [4.69, 9.17) is 14.2 Å². The standard InChI is InChI=1S/C23H28O7/c24-12-19-20(25)21(26)22(27)23(30-19)16-3-1-2-15(11-16)10-14-4-6-17(7-5-14)29-18-8-9-28-13-18/h1-7,11,18-27H,8-10,12-13H2/t18-,19+,20-,21+,22-,23+/m1/s1. The number of aliphatic hydroxyl groups excluding tert-OH is 4. The monoisotopic (exact) mass is 416 g/mol. The van der Waals surface area contributed by atoms with Crippen LogP contribution in [-0.2, 0) is 15.9 Å². The van der Waals surface area contributed by atoms with Crippen molar-refractivity contribution in [1.29, 1.82) is 0 Å². The Labute approximate surface area is 175 Å². The lowest BCUT2D eigenvalue weighted by Crippen LogP contribution is -2.55. The van der Waals surface area contributed by atoms with Crippen LogP contribution in [0.4, 0.5) is 0 Å². The molecule has 7 heteroatoms. The average Bonchev–Trinajstić information content (AvgIpc) is 3.27. The Bertz CT molecular complexity index is 817. The zero-order valence-electron chi connectivity index (χ0n) is 16.6. The van der Waals surface area contributed by atoms with E-state index in [9.17, 15) is 20.4 Å². The third kappa shape index (κ3) is 4.67. The first kappa shape index (κ1) is 21.2. The molecule has 0 radical (unpaired) electrons. The van der Waals surface area contributed by atoms with Crippen molar-refractivity contribution in [2.24, 2.45) is 0 Å². The van der Waals surface area contributed by atoms with Gasteiger partial charge in [-0.2, -0.15) is 0 Å². The number of rotatable bonds is 6. The second-order valence-electron chi connectivity index (χ2n) is 7.92. The Morgan fingerprint density at radius 1 is 0.933 bits per heavy atom. The van der Waals surface area contributed by atoms with E-state index in [0.29, 0.717) is 18.6 Å². The normalized spacial score (nSPS) is 31.6. The fourth-order valence-electron chi connectivity index (χ4n) is 3.98. The van der Waals surface area contributed by atoms with Gasteiger partial charge in [0.25, 0.3) is 0 Å². The summed E-state index contributed by atoms with van der Waals surface area (Å²) in [5.41, 5.74) is 2.81. The molecule has 0 saturated carbocycles. The first-order chi connectivity index (χ1) is 14.5. The van der Waals surface area contributed by atoms with Gasteiger partial charge in [-0.25, -0.2) is 0 Å². The lowest BCUT2D eigenvalue weighted by atomic mass is 9.90. The highest BCUT2D eigenvalue weighted by atomic mass is 16.5. The summed E-state index contributed by atoms with van der Waals surface area (Å²) in [5.74, 6) is 0.823. The van der Waals surface area contributed by atoms with E-state index in [2.05, 4.69) is 0 Å². The molecular weight excluding hydrogens is 388 g/mol. The summed E-state index contributed by atoms with van der Waals surface area (Å²) in [6, 6.07) is 15.5. The average molecular weight is 416 g/mol. The quantitative estimate of drug-likeness (QED) is 0.555. The molecule has 0 amide bonds. The molecule has 2 saturated heterocycles. The molecule has 2 aliphatic rings. The smallest absolute Gasteiger partial charge is 0.124 e. The van der Waals surface area contributed by atoms with Gasteiger partial charge in [0.1, 0.15) is 42.4 Å². The van der Waals surface area contributed by atoms with Crippen LogP contribution in [0.15, 0.2) is 48.5 Å². The van der Waals surface area contributed by atoms with Crippen LogP contribution < -0.4 is 4.74 Å². The third-order valence-corrected chi connectivity index (χ3v) is 5.69. The number of hydrogen-bond acceptors (Lipinski definition) is 7. The molecule has 2 heterocycles. The molecule has 0 aliphatic carbocycles. The molecule has 0 spiro atoms. The van der Waals surface area contributed by atoms with Crippen molar-refractivity contribution in [1.82, 2.24) is 0 Å². The lowest BCUT2D eigenvalue weighted by Gasteiger charge is -2.40. The highest BCUT2D eigenvalue weighted by Gasteiger charge is 2.43. The van der Waals surface area contributed by atoms with Crippen LogP contribution in [0, 0.1) is 0 Å². The number of ether oxygens (including phenoxy) is 3. The number of benzene rings is 2. The van der Waals surface area contributed by atoms with E-state index in [1.807, 2.05) is 42.5 Å². The summed E-state index contributed by atoms with van der Waals surface area (Å²) in [7, 11) is 0. The molecule has 0 unspecified atom stereocenters. The zero-order chi connectivity index (χ0) is 21.1. The van der Waals surface area contributed by atoms with Crippen LogP contribution in [-0.4, -0.2) is 70.8 Å². The minimum Gasteiger partial charge on any atom is -0.488 e. The lowest BCUT2D eigenvalue weighted by molar-refractivity contribution is -0.231. The summed E-state index contributed by atoms with van der Waals surface area (Å²) < 4.78 is 16.9. The summed E-state index contributed by atoms with van der Waals surface area (Å²) in [6.45, 7) is 0.933. The van der Waals surface area contributed by atoms with Crippen molar-refractivity contribution in [2.75, 3.05) is 19.8 Å². The van der Waals surface area contributed by atoms with Gasteiger partial charge in [-0.15, -0.1) is 0 Å². The SMILES string of the molecule is OC[C@@H]1O[C@@H](c2cccc(Cc3ccc(O[C@@H]4CCOC4)cc3)c2)[C@H](O)[C@@H](O)[C@@H]1O. The van der Waals surface area contributed by atoms with E-state index in [1.54, 1.807) is 6.07 Å². The maximum Gasteiger partial charge on any atom is 0.124 e. The molecular formula is C23H28O7. The van der Waals surface area contributed by atoms with Gasteiger partial charge < -0.3 is 34.6 Å². The maximum absolute atomic E-state index is 10.4. The molecule has 2 aliphatic heterocycles. The molecule has 162 valence electrons. The molecule has 2 fully saturated rings. The number of hydrogen-bond donors (Lipinski definition) is 4. The topological polar surface area (TPSA) is 109 Å². The second-order valence-corrected chi connectivity index (χ2v) is 7.92. The van der Waals surface area contributed by atoms with Gasteiger partial charge in [-0.1, -0.05) is 36.4 Å². The van der Waals surface area contributed by atoms with E-state index >= 15 is 0 Å². The van der Waals surface area contributed by atoms with Gasteiger partial charge >= 0.3 is 0 Å². The summed E-state index contributed by atoms with van der Waals surface area (Å²) in [5, 5.41) is 39.8. The Morgan fingerprint density at radius 2 is 1.73 bits per heavy atom. The van der Waals surface area contributed by atoms with Crippen molar-refractivity contribution in [2.45, 2.75) is 49.5 Å². The second kappa shape index (κ2) is 9.43. The minimum atomic E-state index is -1.39. The fraction of sp³-hybridized carbons (Fsp3) is 0.478. The van der Waals surface area contributed by atoms with Gasteiger partial charge in [-0.05, 0) is 35.2 Å². The van der Waals surface area contributed by atoms with Gasteiger partial charge in [0.05, 0.1) is 19.8 Å². The molecule has 4 rings (SSSR count). The molecule has 30 heavy (non-hydrogen) atoms. The molecule has 6 atom stereocenters. The van der Waals surface area contributed by atoms with Crippen LogP contribution in [0.1, 0.15) is 29.2 Å². The fourth-order valence-corrected chi connectivity index (χ4v) is 3.98. The first-order valence-corrected chi connectivity index (χ1v) is 10.3. The van der Waals surface area contributed by atoms with Crippen molar-refractivity contribution in [3.05, 3.63) is 65.2 Å². The predicted octanol–water partition coefficient (Wildman–Crippen LogP) is 0.960. The Morgan fingerprint density at radius 3 is 2.43 bits per heavy atom. The molecule has 4 N–H and O–H groups in total. The van der Waals surface area contributed by atoms with Gasteiger partial charge in [0, 0.05) is 6.42 Å². The van der Waals surface area contributed by atoms with E-state index in [-0.39, 0.29) is 6.10 Å². The zero-order valence-corrected chi connectivity index (χ0v) is 16.6. The Balaban J connectivity index is 1.44. The van der Waals surface area contributed by atoms with Crippen LogP contribution >= 0.6 is 0 Å². The van der Waals surface area contributed by atoms with Crippen molar-refractivity contribution in [3.63, 3.8) is 0 Å². The first-order valence-electron chi connectivity index (χ1n) is 10.3. The van der Waals surface area contributed by atoms with E-state index in [1.165, 1.54) is 0 Å². The van der Waals surface area contributed by atoms with Crippen molar-refractivity contribution in [3.8, 4) is 5.75 Å². The minimum absolute atomic E-state index is 0.117. The van der Waals surface area contributed by atoms with Gasteiger partial charge in [0.2, 0.25) is 0 Å². The Hall–Kier alpha value is -2.00. The predicted molar refractivity (Wildman–Crippen MR) is 108 cm³/mol. The molecule has 0 bridgehead atoms.